The third-order valence-electron chi connectivity index (χ3n) is 6.96. The van der Waals surface area contributed by atoms with Gasteiger partial charge in [-0.05, 0) is 89.8 Å². The van der Waals surface area contributed by atoms with Crippen LogP contribution in [0.1, 0.15) is 45.8 Å². The second-order valence-electron chi connectivity index (χ2n) is 9.84. The van der Waals surface area contributed by atoms with E-state index in [-0.39, 0.29) is 47.3 Å². The molecule has 208 valence electrons. The number of nitrogens with one attached hydrogen (secondary N) is 2. The first-order valence-corrected chi connectivity index (χ1v) is 14.4. The van der Waals surface area contributed by atoms with Crippen molar-refractivity contribution in [1.82, 2.24) is 10.0 Å². The van der Waals surface area contributed by atoms with Crippen molar-refractivity contribution in [3.63, 3.8) is 0 Å². The van der Waals surface area contributed by atoms with E-state index < -0.39 is 28.8 Å². The smallest absolute Gasteiger partial charge is 0.455 e. The highest BCUT2D eigenvalue weighted by atomic mass is 32.2. The normalized spacial score (nSPS) is 13.5. The van der Waals surface area contributed by atoms with Crippen molar-refractivity contribution in [2.75, 3.05) is 13.6 Å². The van der Waals surface area contributed by atoms with Crippen LogP contribution in [0.2, 0.25) is 0 Å². The van der Waals surface area contributed by atoms with Crippen molar-refractivity contribution >= 4 is 39.5 Å². The fourth-order valence-electron chi connectivity index (χ4n) is 4.78. The van der Waals surface area contributed by atoms with E-state index in [2.05, 4.69) is 10.0 Å². The number of hydrogen-bond donors (Lipinski definition) is 4. The second-order valence-corrected chi connectivity index (χ2v) is 11.6. The number of halogens is 2. The predicted octanol–water partition coefficient (Wildman–Crippen LogP) is 2.96. The average Bonchev–Trinajstić information content (AvgIpc) is 3.69. The van der Waals surface area contributed by atoms with Gasteiger partial charge in [0.25, 0.3) is 5.91 Å². The van der Waals surface area contributed by atoms with Crippen LogP contribution in [-0.4, -0.2) is 45.1 Å². The lowest BCUT2D eigenvalue weighted by Crippen LogP contribution is -2.31. The molecule has 1 aliphatic rings. The van der Waals surface area contributed by atoms with Gasteiger partial charge in [0.05, 0.1) is 11.3 Å². The van der Waals surface area contributed by atoms with E-state index >= 15 is 0 Å². The van der Waals surface area contributed by atoms with Crippen molar-refractivity contribution in [1.29, 1.82) is 0 Å². The highest BCUT2D eigenvalue weighted by Crippen LogP contribution is 2.45. The molecule has 1 heterocycles. The second kappa shape index (κ2) is 11.1. The van der Waals surface area contributed by atoms with Crippen molar-refractivity contribution in [2.45, 2.75) is 30.9 Å². The van der Waals surface area contributed by atoms with Crippen LogP contribution in [0.3, 0.4) is 0 Å². The molecule has 0 saturated heterocycles. The van der Waals surface area contributed by atoms with Gasteiger partial charge in [-0.15, -0.1) is 0 Å². The summed E-state index contributed by atoms with van der Waals surface area (Å²) in [4.78, 5) is 12.9. The van der Waals surface area contributed by atoms with E-state index in [1.54, 1.807) is 6.07 Å². The van der Waals surface area contributed by atoms with E-state index in [1.165, 1.54) is 43.4 Å². The summed E-state index contributed by atoms with van der Waals surface area (Å²) in [6.07, 6.45) is 1.85. The maximum Gasteiger partial charge on any atom is 0.488 e. The number of benzene rings is 3. The Hall–Kier alpha value is -3.58. The zero-order valence-electron chi connectivity index (χ0n) is 21.6. The van der Waals surface area contributed by atoms with Crippen molar-refractivity contribution < 1.29 is 36.5 Å². The van der Waals surface area contributed by atoms with E-state index in [0.29, 0.717) is 27.7 Å². The topological polar surface area (TPSA) is 129 Å². The van der Waals surface area contributed by atoms with Gasteiger partial charge in [0.15, 0.2) is 0 Å². The van der Waals surface area contributed by atoms with Gasteiger partial charge in [0.1, 0.15) is 23.0 Å². The number of carbonyl (C=O) groups excluding carboxylic acids is 1. The minimum atomic E-state index is -3.83. The fraction of sp³-hybridized carbons (Fsp3) is 0.250. The van der Waals surface area contributed by atoms with Gasteiger partial charge >= 0.3 is 7.12 Å². The van der Waals surface area contributed by atoms with Crippen molar-refractivity contribution in [3.05, 3.63) is 88.5 Å². The highest BCUT2D eigenvalue weighted by Gasteiger charge is 2.31. The molecule has 12 heteroatoms. The first kappa shape index (κ1) is 28.0. The molecular formula is C28H27BF2N2O6S. The zero-order valence-corrected chi connectivity index (χ0v) is 22.4. The number of furan rings is 1. The minimum Gasteiger partial charge on any atom is -0.455 e. The number of carbonyl (C=O) groups is 1. The summed E-state index contributed by atoms with van der Waals surface area (Å²) in [5, 5.41) is 21.5. The summed E-state index contributed by atoms with van der Waals surface area (Å²) in [5.41, 5.74) is 2.73. The summed E-state index contributed by atoms with van der Waals surface area (Å²) in [6, 6.07) is 12.8. The van der Waals surface area contributed by atoms with E-state index in [0.717, 1.165) is 24.5 Å². The number of hydrogen-bond acceptors (Lipinski definition) is 6. The molecule has 5 rings (SSSR count). The third-order valence-corrected chi connectivity index (χ3v) is 8.30. The van der Waals surface area contributed by atoms with Gasteiger partial charge in [-0.25, -0.2) is 21.9 Å². The quantitative estimate of drug-likeness (QED) is 0.218. The van der Waals surface area contributed by atoms with Crippen LogP contribution in [-0.2, 0) is 22.2 Å². The Morgan fingerprint density at radius 2 is 1.77 bits per heavy atom. The minimum absolute atomic E-state index is 0.00455. The van der Waals surface area contributed by atoms with Crippen LogP contribution in [0.15, 0.2) is 59.0 Å². The number of fused-ring (bicyclic) bond motifs is 1. The Bertz CT molecular complexity index is 1690. The molecule has 0 spiro atoms. The SMILES string of the molecule is CNC(=O)c1c(-c2ccc(F)cc2)oc2cc(CS(=O)(=O)NCCc3ccc(B(O)O)cc3F)c(C3CC3)cc12. The Labute approximate surface area is 230 Å². The van der Waals surface area contributed by atoms with Gasteiger partial charge in [-0.1, -0.05) is 12.1 Å². The summed E-state index contributed by atoms with van der Waals surface area (Å²) in [5.74, 6) is -1.39. The molecule has 1 fully saturated rings. The molecule has 1 aliphatic carbocycles. The van der Waals surface area contributed by atoms with Crippen LogP contribution in [0, 0.1) is 11.6 Å². The summed E-state index contributed by atoms with van der Waals surface area (Å²) >= 11 is 0. The molecule has 4 aromatic rings. The Kier molecular flexibility index (Phi) is 7.78. The van der Waals surface area contributed by atoms with Crippen LogP contribution < -0.4 is 15.5 Å². The number of rotatable bonds is 10. The molecule has 0 bridgehead atoms. The van der Waals surface area contributed by atoms with Gasteiger partial charge in [0, 0.05) is 24.5 Å². The Morgan fingerprint density at radius 1 is 1.05 bits per heavy atom. The summed E-state index contributed by atoms with van der Waals surface area (Å²) in [6.45, 7) is -0.0580. The van der Waals surface area contributed by atoms with Crippen LogP contribution in [0.5, 0.6) is 0 Å². The summed E-state index contributed by atoms with van der Waals surface area (Å²) in [7, 11) is -4.13. The van der Waals surface area contributed by atoms with Crippen LogP contribution >= 0.6 is 0 Å². The third kappa shape index (κ3) is 5.95. The predicted molar refractivity (Wildman–Crippen MR) is 148 cm³/mol. The fourth-order valence-corrected chi connectivity index (χ4v) is 5.95. The molecule has 1 amide bonds. The molecule has 0 radical (unpaired) electrons. The lowest BCUT2D eigenvalue weighted by atomic mass is 9.80. The largest absolute Gasteiger partial charge is 0.488 e. The highest BCUT2D eigenvalue weighted by molar-refractivity contribution is 7.88. The first-order valence-electron chi connectivity index (χ1n) is 12.8. The average molecular weight is 568 g/mol. The van der Waals surface area contributed by atoms with E-state index in [9.17, 15) is 32.0 Å². The maximum atomic E-state index is 14.3. The lowest BCUT2D eigenvalue weighted by molar-refractivity contribution is 0.0964. The molecule has 40 heavy (non-hydrogen) atoms. The molecule has 1 aromatic heterocycles. The van der Waals surface area contributed by atoms with Crippen molar-refractivity contribution in [2.24, 2.45) is 0 Å². The van der Waals surface area contributed by atoms with Crippen LogP contribution in [0.4, 0.5) is 8.78 Å². The molecule has 0 aliphatic heterocycles. The molecule has 4 N–H and O–H groups in total. The van der Waals surface area contributed by atoms with E-state index in [4.69, 9.17) is 4.42 Å². The zero-order chi connectivity index (χ0) is 28.6. The van der Waals surface area contributed by atoms with E-state index in [1.807, 2.05) is 6.07 Å². The molecule has 3 aromatic carbocycles. The molecule has 1 saturated carbocycles. The number of amides is 1. The van der Waals surface area contributed by atoms with Gasteiger partial charge in [0.2, 0.25) is 10.0 Å². The van der Waals surface area contributed by atoms with Crippen molar-refractivity contribution in [3.8, 4) is 11.3 Å². The number of sulfonamides is 1. The molecular weight excluding hydrogens is 541 g/mol. The monoisotopic (exact) mass is 568 g/mol. The van der Waals surface area contributed by atoms with Crippen LogP contribution in [0.25, 0.3) is 22.3 Å². The van der Waals surface area contributed by atoms with Gasteiger partial charge in [-0.2, -0.15) is 0 Å². The molecule has 0 atom stereocenters. The molecule has 0 unspecified atom stereocenters. The Balaban J connectivity index is 1.42. The first-order chi connectivity index (χ1) is 19.1. The van der Waals surface area contributed by atoms with Gasteiger partial charge in [-0.3, -0.25) is 4.79 Å². The Morgan fingerprint density at radius 3 is 2.40 bits per heavy atom. The summed E-state index contributed by atoms with van der Waals surface area (Å²) < 4.78 is 62.4. The lowest BCUT2D eigenvalue weighted by Gasteiger charge is -2.12. The maximum absolute atomic E-state index is 14.3. The van der Waals surface area contributed by atoms with Gasteiger partial charge < -0.3 is 19.8 Å². The standard InChI is InChI=1S/C28H27BF2N2O6S/c1-32-28(34)26-23-14-22(16-2-3-16)19(12-25(23)39-27(26)18-5-8-21(30)9-6-18)15-40(37,38)33-11-10-17-4-7-20(29(35)36)13-24(17)31/h4-9,12-14,16,33,35-36H,2-3,10-11,15H2,1H3,(H,32,34). The molecule has 8 nitrogen and oxygen atoms in total.